The first-order valence-electron chi connectivity index (χ1n) is 6.49. The minimum Gasteiger partial charge on any atom is -0.264 e. The highest BCUT2D eigenvalue weighted by Crippen LogP contribution is 2.28. The molecule has 0 bridgehead atoms. The van der Waals surface area contributed by atoms with Crippen LogP contribution in [0.5, 0.6) is 0 Å². The molecule has 0 amide bonds. The van der Waals surface area contributed by atoms with Crippen LogP contribution in [0.1, 0.15) is 6.92 Å². The Morgan fingerprint density at radius 2 is 1.87 bits per heavy atom. The van der Waals surface area contributed by atoms with Crippen LogP contribution in [0.3, 0.4) is 0 Å². The molecule has 9 heteroatoms. The maximum Gasteiger partial charge on any atom is 0.270 e. The number of benzene rings is 2. The number of anilines is 1. The monoisotopic (exact) mass is 342 g/mol. The normalized spacial score (nSPS) is 11.3. The van der Waals surface area contributed by atoms with Crippen LogP contribution in [-0.2, 0) is 10.0 Å². The fraction of sp³-hybridized carbons (Fsp3) is 0.143. The first-order valence-corrected chi connectivity index (χ1v) is 7.93. The smallest absolute Gasteiger partial charge is 0.264 e. The Labute approximate surface area is 131 Å². The van der Waals surface area contributed by atoms with Crippen LogP contribution < -0.4 is 4.31 Å². The van der Waals surface area contributed by atoms with Crippen molar-refractivity contribution in [3.8, 4) is 0 Å². The first kappa shape index (κ1) is 16.8. The molecule has 0 aliphatic carbocycles. The maximum absolute atomic E-state index is 13.9. The van der Waals surface area contributed by atoms with Gasteiger partial charge < -0.3 is 0 Å². The molecular formula is C14H12F2N2O4S. The molecule has 0 aliphatic rings. The summed E-state index contributed by atoms with van der Waals surface area (Å²) in [5, 5.41) is 10.8. The number of nitrogens with zero attached hydrogens (tertiary/aromatic N) is 2. The van der Waals surface area contributed by atoms with Gasteiger partial charge in [0, 0.05) is 24.7 Å². The highest BCUT2D eigenvalue weighted by atomic mass is 32.2. The van der Waals surface area contributed by atoms with Gasteiger partial charge in [-0.1, -0.05) is 6.07 Å². The molecule has 0 aliphatic heterocycles. The van der Waals surface area contributed by atoms with Gasteiger partial charge in [-0.05, 0) is 25.1 Å². The van der Waals surface area contributed by atoms with Gasteiger partial charge in [-0.25, -0.2) is 17.2 Å². The van der Waals surface area contributed by atoms with Gasteiger partial charge in [0.25, 0.3) is 15.7 Å². The summed E-state index contributed by atoms with van der Waals surface area (Å²) in [6.07, 6.45) is 0. The second-order valence-electron chi connectivity index (χ2n) is 4.52. The van der Waals surface area contributed by atoms with Crippen molar-refractivity contribution in [2.24, 2.45) is 0 Å². The van der Waals surface area contributed by atoms with E-state index in [1.165, 1.54) is 19.1 Å². The average molecular weight is 342 g/mol. The molecule has 122 valence electrons. The molecule has 0 spiro atoms. The molecule has 2 aromatic rings. The number of rotatable bonds is 5. The van der Waals surface area contributed by atoms with E-state index in [0.29, 0.717) is 6.07 Å². The molecule has 23 heavy (non-hydrogen) atoms. The largest absolute Gasteiger partial charge is 0.270 e. The number of halogens is 2. The standard InChI is InChI=1S/C14H12F2N2O4S/c1-2-17(14-7-6-10(15)8-13(14)16)23(21,22)12-5-3-4-11(9-12)18(19)20/h3-9H,2H2,1H3. The average Bonchev–Trinajstić information content (AvgIpc) is 2.50. The van der Waals surface area contributed by atoms with Crippen LogP contribution in [-0.4, -0.2) is 19.9 Å². The van der Waals surface area contributed by atoms with Crippen molar-refractivity contribution in [2.45, 2.75) is 11.8 Å². The third kappa shape index (κ3) is 3.29. The zero-order chi connectivity index (χ0) is 17.2. The van der Waals surface area contributed by atoms with E-state index in [4.69, 9.17) is 0 Å². The topological polar surface area (TPSA) is 80.5 Å². The van der Waals surface area contributed by atoms with E-state index in [1.54, 1.807) is 0 Å². The molecule has 0 atom stereocenters. The van der Waals surface area contributed by atoms with Gasteiger partial charge >= 0.3 is 0 Å². The van der Waals surface area contributed by atoms with E-state index in [1.807, 2.05) is 0 Å². The van der Waals surface area contributed by atoms with Crippen molar-refractivity contribution >= 4 is 21.4 Å². The Morgan fingerprint density at radius 3 is 2.43 bits per heavy atom. The third-order valence-electron chi connectivity index (χ3n) is 3.08. The van der Waals surface area contributed by atoms with Gasteiger partial charge in [0.2, 0.25) is 0 Å². The molecule has 0 radical (unpaired) electrons. The molecule has 2 rings (SSSR count). The van der Waals surface area contributed by atoms with Gasteiger partial charge in [0.1, 0.15) is 11.6 Å². The Balaban J connectivity index is 2.55. The predicted octanol–water partition coefficient (Wildman–Crippen LogP) is 3.09. The Morgan fingerprint density at radius 1 is 1.17 bits per heavy atom. The molecule has 0 N–H and O–H groups in total. The number of nitro benzene ring substituents is 1. The van der Waals surface area contributed by atoms with E-state index in [9.17, 15) is 27.3 Å². The Bertz CT molecular complexity index is 856. The zero-order valence-electron chi connectivity index (χ0n) is 11.9. The van der Waals surface area contributed by atoms with Crippen LogP contribution in [0.4, 0.5) is 20.2 Å². The predicted molar refractivity (Wildman–Crippen MR) is 79.7 cm³/mol. The summed E-state index contributed by atoms with van der Waals surface area (Å²) in [7, 11) is -4.23. The number of nitro groups is 1. The van der Waals surface area contributed by atoms with Crippen molar-refractivity contribution in [1.82, 2.24) is 0 Å². The van der Waals surface area contributed by atoms with Gasteiger partial charge in [-0.15, -0.1) is 0 Å². The Kier molecular flexibility index (Phi) is 4.60. The molecule has 2 aromatic carbocycles. The molecule has 0 aromatic heterocycles. The maximum atomic E-state index is 13.9. The van der Waals surface area contributed by atoms with Crippen molar-refractivity contribution in [3.63, 3.8) is 0 Å². The van der Waals surface area contributed by atoms with Crippen LogP contribution in [0.15, 0.2) is 47.4 Å². The van der Waals surface area contributed by atoms with Crippen LogP contribution >= 0.6 is 0 Å². The summed E-state index contributed by atoms with van der Waals surface area (Å²) in [4.78, 5) is 9.70. The lowest BCUT2D eigenvalue weighted by Gasteiger charge is -2.23. The van der Waals surface area contributed by atoms with Gasteiger partial charge in [0.05, 0.1) is 15.5 Å². The van der Waals surface area contributed by atoms with Gasteiger partial charge in [-0.3, -0.25) is 14.4 Å². The van der Waals surface area contributed by atoms with E-state index < -0.39 is 32.3 Å². The molecule has 0 fully saturated rings. The van der Waals surface area contributed by atoms with Crippen molar-refractivity contribution in [2.75, 3.05) is 10.8 Å². The van der Waals surface area contributed by atoms with E-state index in [2.05, 4.69) is 0 Å². The van der Waals surface area contributed by atoms with Crippen molar-refractivity contribution in [3.05, 3.63) is 64.2 Å². The molecule has 0 saturated carbocycles. The second-order valence-corrected chi connectivity index (χ2v) is 6.38. The third-order valence-corrected chi connectivity index (χ3v) is 4.97. The fourth-order valence-corrected chi connectivity index (χ4v) is 3.56. The fourth-order valence-electron chi connectivity index (χ4n) is 2.04. The SMILES string of the molecule is CCN(c1ccc(F)cc1F)S(=O)(=O)c1cccc([N+](=O)[O-])c1. The van der Waals surface area contributed by atoms with Crippen LogP contribution in [0, 0.1) is 21.7 Å². The van der Waals surface area contributed by atoms with Crippen molar-refractivity contribution in [1.29, 1.82) is 0 Å². The van der Waals surface area contributed by atoms with Gasteiger partial charge in [-0.2, -0.15) is 0 Å². The highest BCUT2D eigenvalue weighted by molar-refractivity contribution is 7.92. The highest BCUT2D eigenvalue weighted by Gasteiger charge is 2.27. The molecular weight excluding hydrogens is 330 g/mol. The number of hydrogen-bond donors (Lipinski definition) is 0. The number of non-ortho nitro benzene ring substituents is 1. The summed E-state index contributed by atoms with van der Waals surface area (Å²) in [5.41, 5.74) is -0.734. The zero-order valence-corrected chi connectivity index (χ0v) is 12.8. The van der Waals surface area contributed by atoms with E-state index in [0.717, 1.165) is 28.6 Å². The lowest BCUT2D eigenvalue weighted by atomic mass is 10.3. The molecule has 0 unspecified atom stereocenters. The summed E-state index contributed by atoms with van der Waals surface area (Å²) in [6.45, 7) is 1.34. The summed E-state index contributed by atoms with van der Waals surface area (Å²) < 4.78 is 52.8. The van der Waals surface area contributed by atoms with Crippen molar-refractivity contribution < 1.29 is 22.1 Å². The van der Waals surface area contributed by atoms with Crippen LogP contribution in [0.2, 0.25) is 0 Å². The first-order chi connectivity index (χ1) is 10.8. The minimum absolute atomic E-state index is 0.131. The van der Waals surface area contributed by atoms with E-state index in [-0.39, 0.29) is 17.1 Å². The lowest BCUT2D eigenvalue weighted by molar-refractivity contribution is -0.385. The lowest BCUT2D eigenvalue weighted by Crippen LogP contribution is -2.31. The van der Waals surface area contributed by atoms with Crippen LogP contribution in [0.25, 0.3) is 0 Å². The molecule has 0 heterocycles. The summed E-state index contributed by atoms with van der Waals surface area (Å²) in [6, 6.07) is 6.94. The quantitative estimate of drug-likeness (QED) is 0.618. The Hall–Kier alpha value is -2.55. The summed E-state index contributed by atoms with van der Waals surface area (Å²) >= 11 is 0. The molecule has 6 nitrogen and oxygen atoms in total. The second kappa shape index (κ2) is 6.29. The summed E-state index contributed by atoms with van der Waals surface area (Å²) in [5.74, 6) is -1.88. The molecule has 0 saturated heterocycles. The van der Waals surface area contributed by atoms with Gasteiger partial charge in [0.15, 0.2) is 0 Å². The minimum atomic E-state index is -4.23. The van der Waals surface area contributed by atoms with E-state index >= 15 is 0 Å². The number of hydrogen-bond acceptors (Lipinski definition) is 4. The number of sulfonamides is 1.